The highest BCUT2D eigenvalue weighted by Crippen LogP contribution is 2.24. The lowest BCUT2D eigenvalue weighted by Gasteiger charge is -2.29. The molecule has 0 aliphatic heterocycles. The zero-order valence-corrected chi connectivity index (χ0v) is 17.7. The minimum atomic E-state index is -3.14. The summed E-state index contributed by atoms with van der Waals surface area (Å²) >= 11 is 0. The third kappa shape index (κ3) is 8.17. The third-order valence-electron chi connectivity index (χ3n) is 4.91. The molecular formula is C20H34N2O4S. The molecule has 1 aliphatic carbocycles. The Morgan fingerprint density at radius 2 is 1.67 bits per heavy atom. The largest absolute Gasteiger partial charge is 0.491 e. The summed E-state index contributed by atoms with van der Waals surface area (Å²) in [6, 6.07) is 8.34. The Labute approximate surface area is 163 Å². The molecule has 7 heteroatoms. The molecule has 1 aliphatic rings. The maximum absolute atomic E-state index is 11.3. The molecule has 1 aromatic rings. The van der Waals surface area contributed by atoms with Gasteiger partial charge in [-0.15, -0.1) is 0 Å². The fourth-order valence-electron chi connectivity index (χ4n) is 3.32. The van der Waals surface area contributed by atoms with Crippen LogP contribution in [0.2, 0.25) is 0 Å². The van der Waals surface area contributed by atoms with Crippen LogP contribution in [0.4, 0.5) is 0 Å². The Balaban J connectivity index is 1.66. The molecule has 2 rings (SSSR count). The average molecular weight is 399 g/mol. The van der Waals surface area contributed by atoms with Gasteiger partial charge in [0.15, 0.2) is 0 Å². The van der Waals surface area contributed by atoms with Gasteiger partial charge in [-0.3, -0.25) is 0 Å². The van der Waals surface area contributed by atoms with Crippen LogP contribution >= 0.6 is 0 Å². The number of hydrogen-bond acceptors (Lipinski definition) is 5. The van der Waals surface area contributed by atoms with Crippen LogP contribution in [0.15, 0.2) is 24.3 Å². The molecule has 0 saturated heterocycles. The number of nitrogens with one attached hydrogen (secondary N) is 2. The van der Waals surface area contributed by atoms with Gasteiger partial charge in [-0.05, 0) is 48.8 Å². The van der Waals surface area contributed by atoms with Crippen LogP contribution in [0.3, 0.4) is 0 Å². The van der Waals surface area contributed by atoms with Crippen molar-refractivity contribution in [2.75, 3.05) is 19.4 Å². The molecule has 0 radical (unpaired) electrons. The zero-order valence-electron chi connectivity index (χ0n) is 16.9. The number of benzene rings is 1. The summed E-state index contributed by atoms with van der Waals surface area (Å²) in [5.74, 6) is 0.759. The summed E-state index contributed by atoms with van der Waals surface area (Å²) in [4.78, 5) is 0. The molecule has 1 saturated carbocycles. The van der Waals surface area contributed by atoms with E-state index in [0.29, 0.717) is 12.6 Å². The van der Waals surface area contributed by atoms with Crippen molar-refractivity contribution in [1.82, 2.24) is 10.0 Å². The van der Waals surface area contributed by atoms with Crippen molar-refractivity contribution >= 4 is 10.0 Å². The monoisotopic (exact) mass is 398 g/mol. The standard InChI is InChI=1S/C20H34N2O4S/c1-20(2,3)15-5-11-19(12-6-15)26-14-18(23)13-21-16-7-9-17(10-8-16)22-27(4,24)25/h5-6,11-12,16-18,21-23H,7-10,13-14H2,1-4H3. The van der Waals surface area contributed by atoms with E-state index in [-0.39, 0.29) is 18.1 Å². The normalized spacial score (nSPS) is 22.4. The van der Waals surface area contributed by atoms with Crippen LogP contribution in [-0.4, -0.2) is 51.1 Å². The smallest absolute Gasteiger partial charge is 0.208 e. The molecule has 1 unspecified atom stereocenters. The first-order valence-corrected chi connectivity index (χ1v) is 11.5. The molecule has 0 bridgehead atoms. The van der Waals surface area contributed by atoms with Crippen molar-refractivity contribution in [3.05, 3.63) is 29.8 Å². The van der Waals surface area contributed by atoms with Gasteiger partial charge in [-0.25, -0.2) is 13.1 Å². The van der Waals surface area contributed by atoms with E-state index >= 15 is 0 Å². The van der Waals surface area contributed by atoms with Gasteiger partial charge in [0.2, 0.25) is 10.0 Å². The molecule has 0 amide bonds. The summed E-state index contributed by atoms with van der Waals surface area (Å²) in [6.07, 6.45) is 4.04. The molecule has 1 aromatic carbocycles. The fraction of sp³-hybridized carbons (Fsp3) is 0.700. The van der Waals surface area contributed by atoms with Crippen molar-refractivity contribution in [2.24, 2.45) is 0 Å². The van der Waals surface area contributed by atoms with E-state index in [4.69, 9.17) is 4.74 Å². The van der Waals surface area contributed by atoms with Gasteiger partial charge in [-0.2, -0.15) is 0 Å². The summed E-state index contributed by atoms with van der Waals surface area (Å²) in [5, 5.41) is 13.5. The van der Waals surface area contributed by atoms with E-state index in [2.05, 4.69) is 42.9 Å². The molecule has 1 fully saturated rings. The van der Waals surface area contributed by atoms with Crippen LogP contribution in [0, 0.1) is 0 Å². The van der Waals surface area contributed by atoms with E-state index in [9.17, 15) is 13.5 Å². The van der Waals surface area contributed by atoms with E-state index in [1.165, 1.54) is 11.8 Å². The van der Waals surface area contributed by atoms with E-state index in [0.717, 1.165) is 31.4 Å². The third-order valence-corrected chi connectivity index (χ3v) is 5.67. The number of hydrogen-bond donors (Lipinski definition) is 3. The molecule has 6 nitrogen and oxygen atoms in total. The van der Waals surface area contributed by atoms with Crippen molar-refractivity contribution in [2.45, 2.75) is 70.1 Å². The SMILES string of the molecule is CC(C)(C)c1ccc(OCC(O)CNC2CCC(NS(C)(=O)=O)CC2)cc1. The number of rotatable bonds is 8. The summed E-state index contributed by atoms with van der Waals surface area (Å²) in [6.45, 7) is 7.22. The van der Waals surface area contributed by atoms with Gasteiger partial charge in [0, 0.05) is 18.6 Å². The van der Waals surface area contributed by atoms with Crippen molar-refractivity contribution in [3.8, 4) is 5.75 Å². The second kappa shape index (κ2) is 9.37. The number of sulfonamides is 1. The van der Waals surface area contributed by atoms with Crippen LogP contribution in [0.5, 0.6) is 5.75 Å². The highest BCUT2D eigenvalue weighted by molar-refractivity contribution is 7.88. The predicted octanol–water partition coefficient (Wildman–Crippen LogP) is 2.17. The molecular weight excluding hydrogens is 364 g/mol. The van der Waals surface area contributed by atoms with Gasteiger partial charge in [0.05, 0.1) is 6.26 Å². The van der Waals surface area contributed by atoms with E-state index < -0.39 is 16.1 Å². The quantitative estimate of drug-likeness (QED) is 0.625. The Morgan fingerprint density at radius 3 is 2.19 bits per heavy atom. The number of aliphatic hydroxyl groups is 1. The Morgan fingerprint density at radius 1 is 1.11 bits per heavy atom. The maximum Gasteiger partial charge on any atom is 0.208 e. The highest BCUT2D eigenvalue weighted by Gasteiger charge is 2.23. The number of aliphatic hydroxyl groups excluding tert-OH is 1. The summed E-state index contributed by atoms with van der Waals surface area (Å²) < 4.78 is 30.9. The van der Waals surface area contributed by atoms with Crippen molar-refractivity contribution in [1.29, 1.82) is 0 Å². The van der Waals surface area contributed by atoms with E-state index in [1.54, 1.807) is 0 Å². The Kier molecular flexibility index (Phi) is 7.68. The minimum Gasteiger partial charge on any atom is -0.491 e. The predicted molar refractivity (Wildman–Crippen MR) is 109 cm³/mol. The number of ether oxygens (including phenoxy) is 1. The lowest BCUT2D eigenvalue weighted by atomic mass is 9.87. The van der Waals surface area contributed by atoms with Gasteiger partial charge in [0.1, 0.15) is 18.5 Å². The van der Waals surface area contributed by atoms with Crippen LogP contribution in [-0.2, 0) is 15.4 Å². The van der Waals surface area contributed by atoms with Crippen LogP contribution < -0.4 is 14.8 Å². The Bertz CT molecular complexity index is 675. The molecule has 3 N–H and O–H groups in total. The molecule has 154 valence electrons. The van der Waals surface area contributed by atoms with Gasteiger partial charge in [-0.1, -0.05) is 32.9 Å². The van der Waals surface area contributed by atoms with Crippen LogP contribution in [0.1, 0.15) is 52.0 Å². The van der Waals surface area contributed by atoms with E-state index in [1.807, 2.05) is 12.1 Å². The average Bonchev–Trinajstić information content (AvgIpc) is 2.57. The topological polar surface area (TPSA) is 87.7 Å². The van der Waals surface area contributed by atoms with Gasteiger partial charge in [0.25, 0.3) is 0 Å². The second-order valence-electron chi connectivity index (χ2n) is 8.59. The first-order valence-electron chi connectivity index (χ1n) is 9.65. The molecule has 1 atom stereocenters. The highest BCUT2D eigenvalue weighted by atomic mass is 32.2. The first kappa shape index (κ1) is 22.1. The Hall–Kier alpha value is -1.15. The minimum absolute atomic E-state index is 0.0300. The van der Waals surface area contributed by atoms with Crippen molar-refractivity contribution in [3.63, 3.8) is 0 Å². The molecule has 0 spiro atoms. The van der Waals surface area contributed by atoms with Gasteiger partial charge < -0.3 is 15.2 Å². The molecule has 0 heterocycles. The fourth-order valence-corrected chi connectivity index (χ4v) is 4.16. The van der Waals surface area contributed by atoms with Crippen LogP contribution in [0.25, 0.3) is 0 Å². The maximum atomic E-state index is 11.3. The first-order chi connectivity index (χ1) is 12.5. The summed E-state index contributed by atoms with van der Waals surface area (Å²) in [5.41, 5.74) is 1.36. The van der Waals surface area contributed by atoms with Gasteiger partial charge >= 0.3 is 0 Å². The lowest BCUT2D eigenvalue weighted by molar-refractivity contribution is 0.101. The van der Waals surface area contributed by atoms with Crippen molar-refractivity contribution < 1.29 is 18.3 Å². The summed E-state index contributed by atoms with van der Waals surface area (Å²) in [7, 11) is -3.14. The zero-order chi connectivity index (χ0) is 20.1. The lowest BCUT2D eigenvalue weighted by Crippen LogP contribution is -2.44. The molecule has 27 heavy (non-hydrogen) atoms. The molecule has 0 aromatic heterocycles. The second-order valence-corrected chi connectivity index (χ2v) is 10.4.